The van der Waals surface area contributed by atoms with E-state index >= 15 is 0 Å². The van der Waals surface area contributed by atoms with E-state index in [9.17, 15) is 5.11 Å². The first-order valence-electron chi connectivity index (χ1n) is 6.15. The fourth-order valence-corrected chi connectivity index (χ4v) is 3.31. The van der Waals surface area contributed by atoms with Crippen LogP contribution in [-0.4, -0.2) is 17.3 Å². The SMILES string of the molecule is NCC1(C2(O)CCCCCC2)CCC1. The summed E-state index contributed by atoms with van der Waals surface area (Å²) >= 11 is 0. The molecule has 0 radical (unpaired) electrons. The van der Waals surface area contributed by atoms with E-state index in [1.165, 1.54) is 32.1 Å². The largest absolute Gasteiger partial charge is 0.389 e. The van der Waals surface area contributed by atoms with Gasteiger partial charge < -0.3 is 10.8 Å². The minimum Gasteiger partial charge on any atom is -0.389 e. The number of nitrogens with two attached hydrogens (primary N) is 1. The first kappa shape index (κ1) is 10.4. The Morgan fingerprint density at radius 2 is 1.43 bits per heavy atom. The van der Waals surface area contributed by atoms with Gasteiger partial charge >= 0.3 is 0 Å². The summed E-state index contributed by atoms with van der Waals surface area (Å²) in [5.41, 5.74) is 5.55. The molecule has 0 spiro atoms. The average Bonchev–Trinajstić information content (AvgIpc) is 2.30. The molecule has 0 saturated heterocycles. The Kier molecular flexibility index (Phi) is 2.85. The zero-order chi connectivity index (χ0) is 10.1. The number of hydrogen-bond acceptors (Lipinski definition) is 2. The van der Waals surface area contributed by atoms with E-state index in [0.717, 1.165) is 25.7 Å². The Morgan fingerprint density at radius 1 is 0.857 bits per heavy atom. The van der Waals surface area contributed by atoms with Crippen LogP contribution in [-0.2, 0) is 0 Å². The lowest BCUT2D eigenvalue weighted by molar-refractivity contribution is -0.131. The van der Waals surface area contributed by atoms with Gasteiger partial charge in [-0.3, -0.25) is 0 Å². The molecule has 0 atom stereocenters. The molecule has 3 N–H and O–H groups in total. The lowest BCUT2D eigenvalue weighted by Crippen LogP contribution is -2.56. The molecule has 2 fully saturated rings. The number of aliphatic hydroxyl groups is 1. The molecular weight excluding hydrogens is 174 g/mol. The third-order valence-corrected chi connectivity index (χ3v) is 4.62. The summed E-state index contributed by atoms with van der Waals surface area (Å²) in [7, 11) is 0. The second-order valence-corrected chi connectivity index (χ2v) is 5.28. The van der Waals surface area contributed by atoms with Gasteiger partial charge in [-0.25, -0.2) is 0 Å². The van der Waals surface area contributed by atoms with E-state index in [4.69, 9.17) is 5.73 Å². The molecule has 82 valence electrons. The van der Waals surface area contributed by atoms with Crippen LogP contribution in [0, 0.1) is 5.41 Å². The highest BCUT2D eigenvalue weighted by Crippen LogP contribution is 2.53. The molecule has 0 aliphatic heterocycles. The number of hydrogen-bond donors (Lipinski definition) is 2. The maximum absolute atomic E-state index is 10.7. The number of rotatable bonds is 2. The van der Waals surface area contributed by atoms with Gasteiger partial charge in [0.15, 0.2) is 0 Å². The van der Waals surface area contributed by atoms with Crippen LogP contribution in [0.3, 0.4) is 0 Å². The second-order valence-electron chi connectivity index (χ2n) is 5.28. The summed E-state index contributed by atoms with van der Waals surface area (Å²) in [6, 6.07) is 0. The van der Waals surface area contributed by atoms with Gasteiger partial charge in [-0.2, -0.15) is 0 Å². The van der Waals surface area contributed by atoms with Crippen molar-refractivity contribution in [1.82, 2.24) is 0 Å². The molecular formula is C12H23NO. The van der Waals surface area contributed by atoms with E-state index in [1.54, 1.807) is 0 Å². The van der Waals surface area contributed by atoms with Crippen molar-refractivity contribution >= 4 is 0 Å². The Morgan fingerprint density at radius 3 is 1.79 bits per heavy atom. The molecule has 0 amide bonds. The summed E-state index contributed by atoms with van der Waals surface area (Å²) in [4.78, 5) is 0. The molecule has 2 aliphatic rings. The van der Waals surface area contributed by atoms with Gasteiger partial charge in [-0.15, -0.1) is 0 Å². The van der Waals surface area contributed by atoms with Crippen LogP contribution >= 0.6 is 0 Å². The standard InChI is InChI=1S/C12H23NO/c13-10-11(6-5-7-11)12(14)8-3-1-2-4-9-12/h14H,1-10,13H2. The fourth-order valence-electron chi connectivity index (χ4n) is 3.31. The first-order valence-corrected chi connectivity index (χ1v) is 6.15. The van der Waals surface area contributed by atoms with Gasteiger partial charge in [0.2, 0.25) is 0 Å². The summed E-state index contributed by atoms with van der Waals surface area (Å²) in [5, 5.41) is 10.7. The quantitative estimate of drug-likeness (QED) is 0.667. The van der Waals surface area contributed by atoms with E-state index in [0.29, 0.717) is 6.54 Å². The molecule has 0 heterocycles. The van der Waals surface area contributed by atoms with E-state index < -0.39 is 5.60 Å². The molecule has 2 saturated carbocycles. The van der Waals surface area contributed by atoms with Gasteiger partial charge in [-0.1, -0.05) is 32.1 Å². The van der Waals surface area contributed by atoms with E-state index in [-0.39, 0.29) is 5.41 Å². The highest BCUT2D eigenvalue weighted by molar-refractivity contribution is 5.04. The third-order valence-electron chi connectivity index (χ3n) is 4.62. The van der Waals surface area contributed by atoms with Crippen molar-refractivity contribution in [3.8, 4) is 0 Å². The monoisotopic (exact) mass is 197 g/mol. The Bertz CT molecular complexity index is 185. The van der Waals surface area contributed by atoms with Crippen LogP contribution in [0.2, 0.25) is 0 Å². The van der Waals surface area contributed by atoms with Crippen molar-refractivity contribution in [1.29, 1.82) is 0 Å². The molecule has 0 unspecified atom stereocenters. The van der Waals surface area contributed by atoms with Crippen LogP contribution in [0.4, 0.5) is 0 Å². The summed E-state index contributed by atoms with van der Waals surface area (Å²) in [6.07, 6.45) is 10.5. The van der Waals surface area contributed by atoms with Crippen molar-refractivity contribution in [2.45, 2.75) is 63.4 Å². The van der Waals surface area contributed by atoms with Gasteiger partial charge in [0, 0.05) is 12.0 Å². The lowest BCUT2D eigenvalue weighted by atomic mass is 9.56. The normalized spacial score (nSPS) is 30.4. The third kappa shape index (κ3) is 1.49. The zero-order valence-corrected chi connectivity index (χ0v) is 9.10. The van der Waals surface area contributed by atoms with Crippen LogP contribution in [0.1, 0.15) is 57.8 Å². The van der Waals surface area contributed by atoms with Crippen LogP contribution in [0.15, 0.2) is 0 Å². The summed E-state index contributed by atoms with van der Waals surface area (Å²) in [6.45, 7) is 0.684. The van der Waals surface area contributed by atoms with Gasteiger partial charge in [-0.05, 0) is 25.7 Å². The molecule has 2 rings (SSSR count). The molecule has 0 aromatic carbocycles. The highest BCUT2D eigenvalue weighted by Gasteiger charge is 2.52. The van der Waals surface area contributed by atoms with Gasteiger partial charge in [0.05, 0.1) is 5.60 Å². The lowest BCUT2D eigenvalue weighted by Gasteiger charge is -2.53. The van der Waals surface area contributed by atoms with Crippen molar-refractivity contribution in [3.05, 3.63) is 0 Å². The van der Waals surface area contributed by atoms with E-state index in [2.05, 4.69) is 0 Å². The molecule has 14 heavy (non-hydrogen) atoms. The minimum atomic E-state index is -0.420. The van der Waals surface area contributed by atoms with Crippen molar-refractivity contribution in [3.63, 3.8) is 0 Å². The maximum atomic E-state index is 10.7. The van der Waals surface area contributed by atoms with Crippen molar-refractivity contribution < 1.29 is 5.11 Å². The zero-order valence-electron chi connectivity index (χ0n) is 9.10. The van der Waals surface area contributed by atoms with Crippen molar-refractivity contribution in [2.75, 3.05) is 6.54 Å². The molecule has 0 aromatic heterocycles. The van der Waals surface area contributed by atoms with E-state index in [1.807, 2.05) is 0 Å². The summed E-state index contributed by atoms with van der Waals surface area (Å²) < 4.78 is 0. The van der Waals surface area contributed by atoms with Crippen LogP contribution < -0.4 is 5.73 Å². The predicted molar refractivity (Wildman–Crippen MR) is 58.0 cm³/mol. The smallest absolute Gasteiger partial charge is 0.0715 e. The fraction of sp³-hybridized carbons (Fsp3) is 1.00. The topological polar surface area (TPSA) is 46.2 Å². The highest BCUT2D eigenvalue weighted by atomic mass is 16.3. The molecule has 2 nitrogen and oxygen atoms in total. The van der Waals surface area contributed by atoms with Gasteiger partial charge in [0.25, 0.3) is 0 Å². The van der Waals surface area contributed by atoms with Gasteiger partial charge in [0.1, 0.15) is 0 Å². The molecule has 2 aliphatic carbocycles. The Hall–Kier alpha value is -0.0800. The minimum absolute atomic E-state index is 0.0946. The molecule has 0 bridgehead atoms. The van der Waals surface area contributed by atoms with Crippen LogP contribution in [0.25, 0.3) is 0 Å². The Balaban J connectivity index is 2.11. The average molecular weight is 197 g/mol. The second kappa shape index (κ2) is 3.82. The molecule has 2 heteroatoms. The maximum Gasteiger partial charge on any atom is 0.0715 e. The summed E-state index contributed by atoms with van der Waals surface area (Å²) in [5.74, 6) is 0. The Labute approximate surface area is 86.9 Å². The predicted octanol–water partition coefficient (Wildman–Crippen LogP) is 2.20. The van der Waals surface area contributed by atoms with Crippen LogP contribution in [0.5, 0.6) is 0 Å². The van der Waals surface area contributed by atoms with Crippen molar-refractivity contribution in [2.24, 2.45) is 11.1 Å². The molecule has 0 aromatic rings. The first-order chi connectivity index (χ1) is 6.72.